The number of rotatable bonds is 8. The fraction of sp³-hybridized carbons (Fsp3) is 0.692. The Balaban J connectivity index is 2.55. The third kappa shape index (κ3) is 5.31. The van der Waals surface area contributed by atoms with Crippen LogP contribution in [0.5, 0.6) is 0 Å². The molecule has 0 atom stereocenters. The first-order valence-corrected chi connectivity index (χ1v) is 6.63. The summed E-state index contributed by atoms with van der Waals surface area (Å²) >= 11 is 0. The lowest BCUT2D eigenvalue weighted by molar-refractivity contribution is 0.0870. The third-order valence-electron chi connectivity index (χ3n) is 2.31. The highest BCUT2D eigenvalue weighted by Gasteiger charge is 2.02. The Kier molecular flexibility index (Phi) is 6.43. The van der Waals surface area contributed by atoms with Crippen LogP contribution in [0.4, 0.5) is 11.6 Å². The number of nitrogens with one attached hydrogen (secondary N) is 2. The molecule has 1 aromatic heterocycles. The molecular formula is C13H24N4O. The van der Waals surface area contributed by atoms with E-state index in [1.54, 1.807) is 0 Å². The average Bonchev–Trinajstić information content (AvgIpc) is 2.34. The average molecular weight is 252 g/mol. The number of hydrogen-bond donors (Lipinski definition) is 2. The van der Waals surface area contributed by atoms with E-state index in [0.717, 1.165) is 37.0 Å². The largest absolute Gasteiger partial charge is 0.377 e. The van der Waals surface area contributed by atoms with E-state index in [9.17, 15) is 0 Å². The van der Waals surface area contributed by atoms with Gasteiger partial charge in [0.2, 0.25) is 0 Å². The Labute approximate surface area is 109 Å². The van der Waals surface area contributed by atoms with Crippen LogP contribution in [0, 0.1) is 0 Å². The number of anilines is 2. The third-order valence-corrected chi connectivity index (χ3v) is 2.31. The van der Waals surface area contributed by atoms with Crippen molar-refractivity contribution in [3.05, 3.63) is 11.9 Å². The van der Waals surface area contributed by atoms with Gasteiger partial charge in [-0.15, -0.1) is 0 Å². The van der Waals surface area contributed by atoms with E-state index in [1.807, 2.05) is 19.9 Å². The van der Waals surface area contributed by atoms with Crippen LogP contribution in [0.15, 0.2) is 6.07 Å². The molecule has 0 aliphatic heterocycles. The van der Waals surface area contributed by atoms with Crippen molar-refractivity contribution >= 4 is 11.6 Å². The molecule has 5 nitrogen and oxygen atoms in total. The summed E-state index contributed by atoms with van der Waals surface area (Å²) in [4.78, 5) is 8.84. The highest BCUT2D eigenvalue weighted by Crippen LogP contribution is 2.11. The smallest absolute Gasteiger partial charge is 0.132 e. The highest BCUT2D eigenvalue weighted by molar-refractivity contribution is 5.47. The lowest BCUT2D eigenvalue weighted by atomic mass is 10.4. The molecule has 0 radical (unpaired) electrons. The fourth-order valence-corrected chi connectivity index (χ4v) is 1.49. The second-order valence-corrected chi connectivity index (χ2v) is 4.28. The van der Waals surface area contributed by atoms with Crippen LogP contribution in [-0.2, 0) is 11.2 Å². The fourth-order valence-electron chi connectivity index (χ4n) is 1.49. The summed E-state index contributed by atoms with van der Waals surface area (Å²) in [6.07, 6.45) is 1.09. The van der Waals surface area contributed by atoms with E-state index >= 15 is 0 Å². The second-order valence-electron chi connectivity index (χ2n) is 4.28. The normalized spacial score (nSPS) is 10.7. The van der Waals surface area contributed by atoms with Gasteiger partial charge in [-0.2, -0.15) is 0 Å². The maximum Gasteiger partial charge on any atom is 0.132 e. The molecule has 0 aromatic carbocycles. The van der Waals surface area contributed by atoms with Gasteiger partial charge in [0.15, 0.2) is 0 Å². The van der Waals surface area contributed by atoms with Crippen LogP contribution >= 0.6 is 0 Å². The number of aromatic nitrogens is 2. The van der Waals surface area contributed by atoms with Gasteiger partial charge in [-0.25, -0.2) is 9.97 Å². The molecule has 0 saturated heterocycles. The molecular weight excluding hydrogens is 228 g/mol. The van der Waals surface area contributed by atoms with Gasteiger partial charge >= 0.3 is 0 Å². The molecule has 1 heterocycles. The zero-order valence-corrected chi connectivity index (χ0v) is 11.8. The second kappa shape index (κ2) is 7.87. The van der Waals surface area contributed by atoms with Crippen LogP contribution in [0.25, 0.3) is 0 Å². The Hall–Kier alpha value is -1.36. The van der Waals surface area contributed by atoms with Crippen LogP contribution in [0.3, 0.4) is 0 Å². The van der Waals surface area contributed by atoms with Crippen molar-refractivity contribution in [2.24, 2.45) is 0 Å². The first-order chi connectivity index (χ1) is 8.65. The van der Waals surface area contributed by atoms with Gasteiger partial charge < -0.3 is 15.4 Å². The van der Waals surface area contributed by atoms with Crippen molar-refractivity contribution in [2.45, 2.75) is 40.2 Å². The van der Waals surface area contributed by atoms with E-state index < -0.39 is 0 Å². The monoisotopic (exact) mass is 252 g/mol. The molecule has 1 aromatic rings. The van der Waals surface area contributed by atoms with Crippen molar-refractivity contribution in [3.8, 4) is 0 Å². The summed E-state index contributed by atoms with van der Waals surface area (Å²) in [5, 5.41) is 6.47. The Morgan fingerprint density at radius 1 is 1.17 bits per heavy atom. The Bertz CT molecular complexity index is 355. The molecule has 0 aliphatic rings. The van der Waals surface area contributed by atoms with E-state index in [0.29, 0.717) is 6.61 Å². The van der Waals surface area contributed by atoms with Crippen LogP contribution in [0.2, 0.25) is 0 Å². The zero-order valence-electron chi connectivity index (χ0n) is 11.8. The molecule has 0 bridgehead atoms. The van der Waals surface area contributed by atoms with Crippen LogP contribution in [0.1, 0.15) is 33.5 Å². The molecule has 102 valence electrons. The van der Waals surface area contributed by atoms with Crippen LogP contribution in [-0.4, -0.2) is 35.8 Å². The van der Waals surface area contributed by atoms with Crippen molar-refractivity contribution in [3.63, 3.8) is 0 Å². The van der Waals surface area contributed by atoms with Gasteiger partial charge in [-0.05, 0) is 20.8 Å². The van der Waals surface area contributed by atoms with E-state index in [-0.39, 0.29) is 6.10 Å². The maximum atomic E-state index is 5.48. The zero-order chi connectivity index (χ0) is 13.4. The van der Waals surface area contributed by atoms with Gasteiger partial charge in [-0.1, -0.05) is 6.92 Å². The van der Waals surface area contributed by atoms with Crippen molar-refractivity contribution in [1.29, 1.82) is 0 Å². The molecule has 18 heavy (non-hydrogen) atoms. The minimum atomic E-state index is 0.265. The molecule has 2 N–H and O–H groups in total. The summed E-state index contributed by atoms with van der Waals surface area (Å²) in [5.41, 5.74) is 0. The highest BCUT2D eigenvalue weighted by atomic mass is 16.5. The van der Waals surface area contributed by atoms with Crippen molar-refractivity contribution in [1.82, 2.24) is 9.97 Å². The van der Waals surface area contributed by atoms with E-state index in [1.165, 1.54) is 0 Å². The van der Waals surface area contributed by atoms with Gasteiger partial charge in [0.25, 0.3) is 0 Å². The molecule has 1 rings (SSSR count). The Morgan fingerprint density at radius 2 is 1.83 bits per heavy atom. The quantitative estimate of drug-likeness (QED) is 0.695. The number of aryl methyl sites for hydroxylation is 1. The summed E-state index contributed by atoms with van der Waals surface area (Å²) in [5.74, 6) is 2.57. The molecule has 5 heteroatoms. The first kappa shape index (κ1) is 14.7. The summed E-state index contributed by atoms with van der Waals surface area (Å²) < 4.78 is 5.48. The van der Waals surface area contributed by atoms with Gasteiger partial charge in [0.1, 0.15) is 17.5 Å². The molecule has 0 aliphatic carbocycles. The predicted molar refractivity (Wildman–Crippen MR) is 75.2 cm³/mol. The van der Waals surface area contributed by atoms with E-state index in [2.05, 4.69) is 34.4 Å². The summed E-state index contributed by atoms with van der Waals surface area (Å²) in [6, 6.07) is 1.93. The lowest BCUT2D eigenvalue weighted by Crippen LogP contribution is -2.15. The molecule has 0 fully saturated rings. The van der Waals surface area contributed by atoms with Gasteiger partial charge in [0.05, 0.1) is 12.7 Å². The molecule has 0 unspecified atom stereocenters. The lowest BCUT2D eigenvalue weighted by Gasteiger charge is -2.11. The van der Waals surface area contributed by atoms with Crippen LogP contribution < -0.4 is 10.6 Å². The number of ether oxygens (including phenoxy) is 1. The standard InChI is InChI=1S/C13H24N4O/c1-5-11-16-12(14-6-2)9-13(17-11)15-7-8-18-10(3)4/h9-10H,5-8H2,1-4H3,(H2,14,15,16,17). The van der Waals surface area contributed by atoms with Crippen molar-refractivity contribution in [2.75, 3.05) is 30.3 Å². The number of hydrogen-bond acceptors (Lipinski definition) is 5. The predicted octanol–water partition coefficient (Wildman–Crippen LogP) is 2.31. The van der Waals surface area contributed by atoms with Gasteiger partial charge in [0, 0.05) is 25.6 Å². The molecule has 0 amide bonds. The Morgan fingerprint density at radius 3 is 2.39 bits per heavy atom. The van der Waals surface area contributed by atoms with E-state index in [4.69, 9.17) is 4.74 Å². The minimum Gasteiger partial charge on any atom is -0.377 e. The first-order valence-electron chi connectivity index (χ1n) is 6.63. The minimum absolute atomic E-state index is 0.265. The molecule has 0 spiro atoms. The molecule has 0 saturated carbocycles. The summed E-state index contributed by atoms with van der Waals surface area (Å²) in [7, 11) is 0. The SMILES string of the molecule is CCNc1cc(NCCOC(C)C)nc(CC)n1. The topological polar surface area (TPSA) is 59.1 Å². The van der Waals surface area contributed by atoms with Gasteiger partial charge in [-0.3, -0.25) is 0 Å². The summed E-state index contributed by atoms with van der Waals surface area (Å²) in [6.45, 7) is 10.5. The number of nitrogens with zero attached hydrogens (tertiary/aromatic N) is 2. The maximum absolute atomic E-state index is 5.48. The van der Waals surface area contributed by atoms with Crippen molar-refractivity contribution < 1.29 is 4.74 Å².